The van der Waals surface area contributed by atoms with E-state index in [0.717, 1.165) is 10.5 Å². The van der Waals surface area contributed by atoms with Crippen LogP contribution >= 0.6 is 23.1 Å². The van der Waals surface area contributed by atoms with Crippen molar-refractivity contribution in [3.8, 4) is 0 Å². The highest BCUT2D eigenvalue weighted by atomic mass is 32.2. The zero-order chi connectivity index (χ0) is 26.9. The van der Waals surface area contributed by atoms with Gasteiger partial charge in [-0.3, -0.25) is 14.4 Å². The molecule has 3 aromatic carbocycles. The van der Waals surface area contributed by atoms with Crippen LogP contribution in [0.25, 0.3) is 6.08 Å². The number of hydrogen-bond acceptors (Lipinski definition) is 5. The first kappa shape index (κ1) is 26.8. The average molecular weight is 546 g/mol. The molecule has 3 amide bonds. The molecule has 9 heteroatoms. The molecule has 4 aromatic rings. The van der Waals surface area contributed by atoms with Crippen molar-refractivity contribution in [3.63, 3.8) is 0 Å². The minimum Gasteiger partial charge on any atom is -0.323 e. The first-order chi connectivity index (χ1) is 18.4. The molecular weight excluding hydrogens is 521 g/mol. The van der Waals surface area contributed by atoms with Gasteiger partial charge in [-0.25, -0.2) is 4.39 Å². The van der Waals surface area contributed by atoms with Crippen molar-refractivity contribution in [2.24, 2.45) is 0 Å². The van der Waals surface area contributed by atoms with Crippen LogP contribution in [0.1, 0.15) is 22.8 Å². The third-order valence-corrected chi connectivity index (χ3v) is 7.12. The molecule has 3 N–H and O–H groups in total. The van der Waals surface area contributed by atoms with Crippen LogP contribution in [0.5, 0.6) is 0 Å². The van der Waals surface area contributed by atoms with Crippen LogP contribution in [0.3, 0.4) is 0 Å². The summed E-state index contributed by atoms with van der Waals surface area (Å²) in [6, 6.07) is 23.5. The molecule has 0 bridgehead atoms. The molecule has 1 unspecified atom stereocenters. The molecule has 0 fully saturated rings. The Hall–Kier alpha value is -4.21. The van der Waals surface area contributed by atoms with Crippen LogP contribution in [0.15, 0.2) is 106 Å². The fourth-order valence-corrected chi connectivity index (χ4v) is 4.82. The quantitative estimate of drug-likeness (QED) is 0.167. The normalized spacial score (nSPS) is 11.9. The van der Waals surface area contributed by atoms with Gasteiger partial charge in [0.1, 0.15) is 11.5 Å². The first-order valence-electron chi connectivity index (χ1n) is 11.6. The van der Waals surface area contributed by atoms with Crippen LogP contribution in [-0.4, -0.2) is 23.0 Å². The second-order valence-electron chi connectivity index (χ2n) is 8.14. The van der Waals surface area contributed by atoms with Gasteiger partial charge in [-0.1, -0.05) is 30.3 Å². The maximum atomic E-state index is 13.8. The number of carbonyl (C=O) groups excluding carboxylic acids is 3. The number of para-hydroxylation sites is 1. The van der Waals surface area contributed by atoms with Gasteiger partial charge in [0.15, 0.2) is 0 Å². The number of nitrogens with one attached hydrogen (secondary N) is 3. The molecule has 1 aromatic heterocycles. The van der Waals surface area contributed by atoms with E-state index >= 15 is 0 Å². The molecule has 1 heterocycles. The highest BCUT2D eigenvalue weighted by Crippen LogP contribution is 2.26. The van der Waals surface area contributed by atoms with Gasteiger partial charge in [0.05, 0.1) is 10.9 Å². The lowest BCUT2D eigenvalue weighted by molar-refractivity contribution is -0.115. The summed E-state index contributed by atoms with van der Waals surface area (Å²) in [4.78, 5) is 39.0. The van der Waals surface area contributed by atoms with Crippen LogP contribution in [0.4, 0.5) is 15.8 Å². The summed E-state index contributed by atoms with van der Waals surface area (Å²) >= 11 is 2.79. The maximum absolute atomic E-state index is 13.8. The Morgan fingerprint density at radius 3 is 2.29 bits per heavy atom. The zero-order valence-electron chi connectivity index (χ0n) is 20.3. The molecule has 4 rings (SSSR count). The van der Waals surface area contributed by atoms with Gasteiger partial charge in [0.2, 0.25) is 5.91 Å². The molecule has 0 saturated heterocycles. The smallest absolute Gasteiger partial charge is 0.272 e. The van der Waals surface area contributed by atoms with Crippen molar-refractivity contribution in [1.82, 2.24) is 5.32 Å². The molecular formula is C29H24FN3O3S2. The Balaban J connectivity index is 1.40. The van der Waals surface area contributed by atoms with E-state index in [0.29, 0.717) is 11.3 Å². The summed E-state index contributed by atoms with van der Waals surface area (Å²) in [7, 11) is 0. The van der Waals surface area contributed by atoms with Gasteiger partial charge in [-0.2, -0.15) is 11.3 Å². The van der Waals surface area contributed by atoms with Gasteiger partial charge in [-0.15, -0.1) is 11.8 Å². The predicted molar refractivity (Wildman–Crippen MR) is 152 cm³/mol. The van der Waals surface area contributed by atoms with Gasteiger partial charge in [0, 0.05) is 16.1 Å². The Kier molecular flexibility index (Phi) is 9.07. The fraction of sp³-hybridized carbons (Fsp3) is 0.0690. The first-order valence-corrected chi connectivity index (χ1v) is 13.4. The third kappa shape index (κ3) is 7.41. The van der Waals surface area contributed by atoms with Crippen LogP contribution < -0.4 is 16.0 Å². The van der Waals surface area contributed by atoms with Crippen molar-refractivity contribution in [3.05, 3.63) is 118 Å². The Bertz CT molecular complexity index is 1440. The standard InChI is InChI=1S/C29H24FN3O3S2/c1-19(27(34)32-25-10-6-5-9-24(25)30)38-23-13-11-22(12-14-23)31-29(36)26(17-20-15-16-37-18-20)33-28(35)21-7-3-2-4-8-21/h2-19H,1H3,(H,31,36)(H,32,34)(H,33,35)/b26-17-. The van der Waals surface area contributed by atoms with Gasteiger partial charge in [0.25, 0.3) is 11.8 Å². The van der Waals surface area contributed by atoms with Gasteiger partial charge in [-0.05, 0) is 83.9 Å². The largest absolute Gasteiger partial charge is 0.323 e. The van der Waals surface area contributed by atoms with Crippen LogP contribution in [0, 0.1) is 5.82 Å². The van der Waals surface area contributed by atoms with Crippen molar-refractivity contribution < 1.29 is 18.8 Å². The number of amides is 3. The topological polar surface area (TPSA) is 87.3 Å². The second kappa shape index (κ2) is 12.8. The molecule has 0 aliphatic heterocycles. The lowest BCUT2D eigenvalue weighted by Gasteiger charge is -2.14. The minimum absolute atomic E-state index is 0.106. The summed E-state index contributed by atoms with van der Waals surface area (Å²) in [5, 5.41) is 11.4. The molecule has 0 aliphatic rings. The molecule has 38 heavy (non-hydrogen) atoms. The fourth-order valence-electron chi connectivity index (χ4n) is 3.34. The van der Waals surface area contributed by atoms with E-state index in [1.807, 2.05) is 22.9 Å². The number of rotatable bonds is 9. The molecule has 192 valence electrons. The van der Waals surface area contributed by atoms with Crippen molar-refractivity contribution in [2.45, 2.75) is 17.1 Å². The summed E-state index contributed by atoms with van der Waals surface area (Å²) < 4.78 is 13.8. The zero-order valence-corrected chi connectivity index (χ0v) is 21.9. The number of anilines is 2. The van der Waals surface area contributed by atoms with E-state index in [2.05, 4.69) is 16.0 Å². The van der Waals surface area contributed by atoms with Gasteiger partial charge >= 0.3 is 0 Å². The average Bonchev–Trinajstić information content (AvgIpc) is 3.44. The lowest BCUT2D eigenvalue weighted by Crippen LogP contribution is -2.30. The molecule has 0 aliphatic carbocycles. The predicted octanol–water partition coefficient (Wildman–Crippen LogP) is 6.42. The monoisotopic (exact) mass is 545 g/mol. The van der Waals surface area contributed by atoms with E-state index in [-0.39, 0.29) is 17.3 Å². The molecule has 6 nitrogen and oxygen atoms in total. The number of thiophene rings is 1. The molecule has 0 radical (unpaired) electrons. The molecule has 1 atom stereocenters. The van der Waals surface area contributed by atoms with Crippen LogP contribution in [-0.2, 0) is 9.59 Å². The Morgan fingerprint density at radius 2 is 1.61 bits per heavy atom. The summed E-state index contributed by atoms with van der Waals surface area (Å²) in [5.74, 6) is -1.68. The summed E-state index contributed by atoms with van der Waals surface area (Å²) in [6.07, 6.45) is 1.62. The number of carbonyl (C=O) groups is 3. The summed E-state index contributed by atoms with van der Waals surface area (Å²) in [5.41, 5.74) is 1.99. The number of halogens is 1. The van der Waals surface area contributed by atoms with Gasteiger partial charge < -0.3 is 16.0 Å². The lowest BCUT2D eigenvalue weighted by atomic mass is 10.2. The Labute approximate surface area is 228 Å². The molecule has 0 spiro atoms. The SMILES string of the molecule is CC(Sc1ccc(NC(=O)/C(=C/c2ccsc2)NC(=O)c2ccccc2)cc1)C(=O)Nc1ccccc1F. The van der Waals surface area contributed by atoms with E-state index in [9.17, 15) is 18.8 Å². The second-order valence-corrected chi connectivity index (χ2v) is 10.3. The number of benzene rings is 3. The number of hydrogen-bond donors (Lipinski definition) is 3. The highest BCUT2D eigenvalue weighted by molar-refractivity contribution is 8.00. The third-order valence-electron chi connectivity index (χ3n) is 5.31. The van der Waals surface area contributed by atoms with Crippen LogP contribution in [0.2, 0.25) is 0 Å². The minimum atomic E-state index is -0.495. The Morgan fingerprint density at radius 1 is 0.895 bits per heavy atom. The highest BCUT2D eigenvalue weighted by Gasteiger charge is 2.17. The maximum Gasteiger partial charge on any atom is 0.272 e. The summed E-state index contributed by atoms with van der Waals surface area (Å²) in [6.45, 7) is 1.73. The van der Waals surface area contributed by atoms with Crippen molar-refractivity contribution in [2.75, 3.05) is 10.6 Å². The molecule has 0 saturated carbocycles. The van der Waals surface area contributed by atoms with E-state index in [1.165, 1.54) is 35.2 Å². The van der Waals surface area contributed by atoms with Crippen molar-refractivity contribution in [1.29, 1.82) is 0 Å². The van der Waals surface area contributed by atoms with E-state index < -0.39 is 22.9 Å². The van der Waals surface area contributed by atoms with E-state index in [1.54, 1.807) is 73.7 Å². The van der Waals surface area contributed by atoms with E-state index in [4.69, 9.17) is 0 Å². The number of thioether (sulfide) groups is 1. The van der Waals surface area contributed by atoms with Crippen molar-refractivity contribution >= 4 is 58.3 Å².